The van der Waals surface area contributed by atoms with E-state index in [1.54, 1.807) is 25.7 Å². The molecular formula is C18H17ClN4OS. The van der Waals surface area contributed by atoms with Crippen LogP contribution in [0.25, 0.3) is 11.3 Å². The second-order valence-electron chi connectivity index (χ2n) is 5.13. The van der Waals surface area contributed by atoms with E-state index in [4.69, 9.17) is 16.3 Å². The second kappa shape index (κ2) is 8.71. The van der Waals surface area contributed by atoms with E-state index in [-0.39, 0.29) is 0 Å². The van der Waals surface area contributed by atoms with E-state index in [9.17, 15) is 0 Å². The first-order valence-electron chi connectivity index (χ1n) is 7.68. The molecule has 0 amide bonds. The number of aromatic nitrogens is 2. The first kappa shape index (κ1) is 17.5. The Morgan fingerprint density at radius 1 is 1.28 bits per heavy atom. The van der Waals surface area contributed by atoms with Crippen LogP contribution >= 0.6 is 22.9 Å². The molecule has 0 spiro atoms. The molecule has 1 aromatic carbocycles. The molecule has 3 rings (SSSR count). The Balaban J connectivity index is 2.02. The summed E-state index contributed by atoms with van der Waals surface area (Å²) in [6.07, 6.45) is 5.27. The van der Waals surface area contributed by atoms with Gasteiger partial charge in [0, 0.05) is 41.0 Å². The van der Waals surface area contributed by atoms with Crippen LogP contribution in [0.1, 0.15) is 5.56 Å². The van der Waals surface area contributed by atoms with Crippen molar-refractivity contribution in [1.82, 2.24) is 9.66 Å². The lowest BCUT2D eigenvalue weighted by atomic mass is 10.2. The fourth-order valence-electron chi connectivity index (χ4n) is 2.15. The second-order valence-corrected chi connectivity index (χ2v) is 6.40. The average molecular weight is 373 g/mol. The number of methoxy groups -OCH3 is 1. The van der Waals surface area contributed by atoms with Crippen molar-refractivity contribution in [3.63, 3.8) is 0 Å². The van der Waals surface area contributed by atoms with E-state index in [1.165, 1.54) is 11.3 Å². The van der Waals surface area contributed by atoms with Gasteiger partial charge in [0.05, 0.1) is 25.1 Å². The molecule has 128 valence electrons. The first-order valence-corrected chi connectivity index (χ1v) is 8.94. The highest BCUT2D eigenvalue weighted by Crippen LogP contribution is 2.22. The van der Waals surface area contributed by atoms with Gasteiger partial charge in [0.1, 0.15) is 0 Å². The zero-order valence-corrected chi connectivity index (χ0v) is 15.2. The molecule has 0 saturated heterocycles. The lowest BCUT2D eigenvalue weighted by Gasteiger charge is -2.04. The number of pyridine rings is 1. The lowest BCUT2D eigenvalue weighted by molar-refractivity contribution is 0.207. The highest BCUT2D eigenvalue weighted by Gasteiger charge is 2.07. The van der Waals surface area contributed by atoms with Gasteiger partial charge >= 0.3 is 0 Å². The Labute approximate surface area is 154 Å². The van der Waals surface area contributed by atoms with Gasteiger partial charge in [-0.25, -0.2) is 4.68 Å². The van der Waals surface area contributed by atoms with Gasteiger partial charge < -0.3 is 4.74 Å². The summed E-state index contributed by atoms with van der Waals surface area (Å²) in [5.74, 6) is 0. The third-order valence-corrected chi connectivity index (χ3v) is 4.48. The fraction of sp³-hybridized carbons (Fsp3) is 0.167. The number of hydrogen-bond acceptors (Lipinski definition) is 5. The average Bonchev–Trinajstić information content (AvgIpc) is 3.04. The molecule has 2 aromatic heterocycles. The van der Waals surface area contributed by atoms with Gasteiger partial charge in [-0.2, -0.15) is 5.10 Å². The van der Waals surface area contributed by atoms with Crippen molar-refractivity contribution >= 4 is 29.2 Å². The molecule has 5 nitrogen and oxygen atoms in total. The third-order valence-electron chi connectivity index (χ3n) is 3.37. The molecule has 0 radical (unpaired) electrons. The van der Waals surface area contributed by atoms with E-state index < -0.39 is 0 Å². The lowest BCUT2D eigenvalue weighted by Crippen LogP contribution is -2.13. The highest BCUT2D eigenvalue weighted by molar-refractivity contribution is 7.07. The van der Waals surface area contributed by atoms with Gasteiger partial charge in [-0.05, 0) is 18.2 Å². The maximum Gasteiger partial charge on any atom is 0.206 e. The van der Waals surface area contributed by atoms with Gasteiger partial charge in [0.2, 0.25) is 4.80 Å². The molecule has 0 aliphatic rings. The molecule has 0 aliphatic carbocycles. The van der Waals surface area contributed by atoms with Crippen LogP contribution in [-0.4, -0.2) is 36.1 Å². The predicted octanol–water partition coefficient (Wildman–Crippen LogP) is 3.69. The Hall–Kier alpha value is -2.28. The fourth-order valence-corrected chi connectivity index (χ4v) is 3.14. The molecule has 0 aliphatic heterocycles. The quantitative estimate of drug-likeness (QED) is 0.489. The van der Waals surface area contributed by atoms with Crippen molar-refractivity contribution < 1.29 is 4.74 Å². The normalized spacial score (nSPS) is 12.2. The molecular weight excluding hydrogens is 356 g/mol. The molecule has 7 heteroatoms. The summed E-state index contributed by atoms with van der Waals surface area (Å²) in [6, 6.07) is 11.5. The summed E-state index contributed by atoms with van der Waals surface area (Å²) in [4.78, 5) is 9.49. The molecule has 0 atom stereocenters. The monoisotopic (exact) mass is 372 g/mol. The summed E-state index contributed by atoms with van der Waals surface area (Å²) in [5.41, 5.74) is 2.90. The zero-order chi connectivity index (χ0) is 17.5. The summed E-state index contributed by atoms with van der Waals surface area (Å²) < 4.78 is 6.91. The van der Waals surface area contributed by atoms with Crippen molar-refractivity contribution in [2.75, 3.05) is 20.3 Å². The third kappa shape index (κ3) is 4.63. The highest BCUT2D eigenvalue weighted by atomic mass is 35.5. The largest absolute Gasteiger partial charge is 0.383 e. The predicted molar refractivity (Wildman–Crippen MR) is 102 cm³/mol. The summed E-state index contributed by atoms with van der Waals surface area (Å²) in [6.45, 7) is 1.15. The number of hydrogen-bond donors (Lipinski definition) is 0. The van der Waals surface area contributed by atoms with Crippen molar-refractivity contribution in [2.45, 2.75) is 0 Å². The van der Waals surface area contributed by atoms with E-state index in [0.29, 0.717) is 18.2 Å². The van der Waals surface area contributed by atoms with Gasteiger partial charge in [-0.1, -0.05) is 29.8 Å². The Morgan fingerprint density at radius 3 is 2.84 bits per heavy atom. The van der Waals surface area contributed by atoms with Crippen LogP contribution in [-0.2, 0) is 4.74 Å². The van der Waals surface area contributed by atoms with Crippen molar-refractivity contribution in [1.29, 1.82) is 0 Å². The van der Waals surface area contributed by atoms with Crippen molar-refractivity contribution in [3.05, 3.63) is 69.6 Å². The van der Waals surface area contributed by atoms with Gasteiger partial charge in [0.15, 0.2) is 0 Å². The molecule has 0 bridgehead atoms. The summed E-state index contributed by atoms with van der Waals surface area (Å²) >= 11 is 7.54. The maximum absolute atomic E-state index is 6.00. The van der Waals surface area contributed by atoms with Crippen molar-refractivity contribution in [2.24, 2.45) is 10.1 Å². The van der Waals surface area contributed by atoms with Crippen LogP contribution in [0.15, 0.2) is 64.3 Å². The van der Waals surface area contributed by atoms with E-state index >= 15 is 0 Å². The van der Waals surface area contributed by atoms with Crippen LogP contribution in [0.3, 0.4) is 0 Å². The van der Waals surface area contributed by atoms with Crippen molar-refractivity contribution in [3.8, 4) is 11.3 Å². The van der Waals surface area contributed by atoms with Crippen LogP contribution in [0, 0.1) is 0 Å². The van der Waals surface area contributed by atoms with Gasteiger partial charge in [-0.15, -0.1) is 11.3 Å². The summed E-state index contributed by atoms with van der Waals surface area (Å²) in [7, 11) is 1.66. The smallest absolute Gasteiger partial charge is 0.206 e. The minimum Gasteiger partial charge on any atom is -0.383 e. The van der Waals surface area contributed by atoms with E-state index in [0.717, 1.165) is 21.6 Å². The van der Waals surface area contributed by atoms with Crippen LogP contribution in [0.5, 0.6) is 0 Å². The Morgan fingerprint density at radius 2 is 2.12 bits per heavy atom. The van der Waals surface area contributed by atoms with Gasteiger partial charge in [-0.3, -0.25) is 9.98 Å². The van der Waals surface area contributed by atoms with Crippen LogP contribution in [0.4, 0.5) is 0 Å². The molecule has 2 heterocycles. The van der Waals surface area contributed by atoms with Gasteiger partial charge in [0.25, 0.3) is 0 Å². The number of rotatable bonds is 6. The van der Waals surface area contributed by atoms with Crippen LogP contribution < -0.4 is 4.80 Å². The number of benzene rings is 1. The molecule has 0 unspecified atom stereocenters. The van der Waals surface area contributed by atoms with E-state index in [1.807, 2.05) is 46.5 Å². The molecule has 3 aromatic rings. The minimum absolute atomic E-state index is 0.570. The summed E-state index contributed by atoms with van der Waals surface area (Å²) in [5, 5.41) is 7.35. The van der Waals surface area contributed by atoms with E-state index in [2.05, 4.69) is 15.1 Å². The standard InChI is InChI=1S/C18H17ClN4OS/c1-24-10-9-21-18-23(22-12-14-3-2-8-20-11-14)17(13-25-18)15-4-6-16(19)7-5-15/h2-8,11-13H,9-10H2,1H3/b21-18?,22-12-. The zero-order valence-electron chi connectivity index (χ0n) is 13.7. The number of halogens is 1. The molecule has 0 saturated carbocycles. The molecule has 0 N–H and O–H groups in total. The van der Waals surface area contributed by atoms with Crippen LogP contribution in [0.2, 0.25) is 5.02 Å². The Kier molecular flexibility index (Phi) is 6.11. The number of thiazole rings is 1. The maximum atomic E-state index is 6.00. The first-order chi connectivity index (χ1) is 12.3. The topological polar surface area (TPSA) is 51.8 Å². The molecule has 25 heavy (non-hydrogen) atoms. The minimum atomic E-state index is 0.570. The number of ether oxygens (including phenoxy) is 1. The Bertz CT molecular complexity index is 901. The molecule has 0 fully saturated rings. The number of nitrogens with zero attached hydrogens (tertiary/aromatic N) is 4. The SMILES string of the molecule is COCCN=c1scc(-c2ccc(Cl)cc2)n1/N=C\c1cccnc1.